The van der Waals surface area contributed by atoms with E-state index in [1.54, 1.807) is 29.7 Å². The van der Waals surface area contributed by atoms with Crippen molar-refractivity contribution >= 4 is 69.4 Å². The lowest BCUT2D eigenvalue weighted by atomic mass is 10.1. The number of carbonyl (C=O) groups is 2. The summed E-state index contributed by atoms with van der Waals surface area (Å²) >= 11 is 0. The maximum absolute atomic E-state index is 10.9. The second kappa shape index (κ2) is 20.7. The van der Waals surface area contributed by atoms with E-state index in [1.165, 1.54) is 0 Å². The van der Waals surface area contributed by atoms with E-state index >= 15 is 0 Å². The first kappa shape index (κ1) is 44.3. The second-order valence-electron chi connectivity index (χ2n) is 14.0. The molecule has 17 heteroatoms. The molecule has 5 aromatic heterocycles. The number of hydrogen-bond acceptors (Lipinski definition) is 10. The Hall–Kier alpha value is -7.82. The van der Waals surface area contributed by atoms with Gasteiger partial charge in [-0.3, -0.25) is 14.0 Å². The zero-order valence-corrected chi connectivity index (χ0v) is 34.6. The van der Waals surface area contributed by atoms with Gasteiger partial charge in [0.15, 0.2) is 29.6 Å². The van der Waals surface area contributed by atoms with Gasteiger partial charge in [0.25, 0.3) is 0 Å². The standard InChI is InChI=1S/C22H25N7O.C16H17N7.C6H10O2/c1-3-13(2)19-21(30)29-12-18(15-11-26-16-8-5-4-7-14(15)16)27-17(20(29)28-19)9-6-10-25-22(23)24;17-15-13(6-3-7-20-16(18)19)23-14(9-22-15)11-8-21-12-5-2-1-4-10(11)12;1-3-5(2)6(8)4-7/h4-9,11-13,26,30H,3,10H2,1-2H3,(H4,23,24,25);1-6,8-9,21H,7H2,(H2,17,22)(H4,18,19,20);4-5H,3H2,1-2H3/b9-6+;6-3+;/t13-;;5-/m0.0/s1. The molecule has 0 amide bonds. The first-order valence-corrected chi connectivity index (χ1v) is 19.7. The number of aldehydes is 1. The summed E-state index contributed by atoms with van der Waals surface area (Å²) in [4.78, 5) is 52.8. The van der Waals surface area contributed by atoms with E-state index in [-0.39, 0.29) is 35.4 Å². The fourth-order valence-corrected chi connectivity index (χ4v) is 6.04. The molecule has 17 nitrogen and oxygen atoms in total. The summed E-state index contributed by atoms with van der Waals surface area (Å²) in [6, 6.07) is 16.0. The fourth-order valence-electron chi connectivity index (χ4n) is 6.04. The van der Waals surface area contributed by atoms with E-state index in [0.29, 0.717) is 47.9 Å². The molecule has 0 saturated carbocycles. The van der Waals surface area contributed by atoms with Crippen molar-refractivity contribution in [2.24, 2.45) is 38.8 Å². The number of rotatable bonds is 13. The lowest BCUT2D eigenvalue weighted by molar-refractivity contribution is -0.132. The number of aliphatic imine (C=N–C) groups is 2. The Bertz CT molecular complexity index is 2730. The number of fused-ring (bicyclic) bond motifs is 3. The Balaban J connectivity index is 0.000000201. The number of anilines is 1. The van der Waals surface area contributed by atoms with Gasteiger partial charge < -0.3 is 43.7 Å². The number of nitrogens with zero attached hydrogens (tertiary/aromatic N) is 7. The molecule has 0 aliphatic carbocycles. The second-order valence-corrected chi connectivity index (χ2v) is 14.0. The zero-order chi connectivity index (χ0) is 44.1. The topological polar surface area (TPSA) is 297 Å². The van der Waals surface area contributed by atoms with Crippen LogP contribution >= 0.6 is 0 Å². The number of nitrogens with one attached hydrogen (secondary N) is 2. The van der Waals surface area contributed by atoms with Crippen molar-refractivity contribution in [2.45, 2.75) is 46.5 Å². The summed E-state index contributed by atoms with van der Waals surface area (Å²) in [5.74, 6) is 0.306. The van der Waals surface area contributed by atoms with Crippen molar-refractivity contribution in [3.63, 3.8) is 0 Å². The first-order valence-electron chi connectivity index (χ1n) is 19.7. The first-order chi connectivity index (χ1) is 29.4. The Labute approximate surface area is 352 Å². The van der Waals surface area contributed by atoms with Gasteiger partial charge >= 0.3 is 0 Å². The Kier molecular flexibility index (Phi) is 15.1. The monoisotopic (exact) mass is 824 g/mol. The average molecular weight is 825 g/mol. The maximum Gasteiger partial charge on any atom is 0.219 e. The number of aromatic nitrogens is 7. The molecule has 0 bridgehead atoms. The number of para-hydroxylation sites is 2. The van der Waals surface area contributed by atoms with Crippen molar-refractivity contribution < 1.29 is 14.7 Å². The molecule has 0 aliphatic heterocycles. The molecule has 7 rings (SSSR count). The number of guanidine groups is 2. The summed E-state index contributed by atoms with van der Waals surface area (Å²) in [5, 5.41) is 13.0. The third kappa shape index (κ3) is 11.0. The molecule has 0 spiro atoms. The summed E-state index contributed by atoms with van der Waals surface area (Å²) in [6.45, 7) is 8.44. The van der Waals surface area contributed by atoms with Crippen molar-refractivity contribution in [3.8, 4) is 28.4 Å². The highest BCUT2D eigenvalue weighted by Gasteiger charge is 2.20. The molecule has 2 aromatic carbocycles. The molecule has 0 aliphatic rings. The number of nitrogens with two attached hydrogens (primary N) is 5. The van der Waals surface area contributed by atoms with Crippen molar-refractivity contribution in [3.05, 3.63) is 103 Å². The number of Topliss-reactive ketones (excluding diaryl/α,β-unsaturated/α-hetero) is 1. The van der Waals surface area contributed by atoms with Gasteiger partial charge in [-0.2, -0.15) is 0 Å². The zero-order valence-electron chi connectivity index (χ0n) is 34.6. The van der Waals surface area contributed by atoms with Gasteiger partial charge in [-0.1, -0.05) is 76.2 Å². The van der Waals surface area contributed by atoms with Crippen LogP contribution in [0.2, 0.25) is 0 Å². The molecule has 0 unspecified atom stereocenters. The molecule has 13 N–H and O–H groups in total. The van der Waals surface area contributed by atoms with Gasteiger partial charge in [-0.05, 0) is 37.1 Å². The summed E-state index contributed by atoms with van der Waals surface area (Å²) < 4.78 is 1.70. The number of hydrogen-bond donors (Lipinski definition) is 8. The molecule has 0 saturated heterocycles. The van der Waals surface area contributed by atoms with E-state index in [9.17, 15) is 14.7 Å². The molecular formula is C44H52N14O3. The maximum atomic E-state index is 10.9. The van der Waals surface area contributed by atoms with Crippen LogP contribution in [0.25, 0.3) is 62.1 Å². The van der Waals surface area contributed by atoms with Gasteiger partial charge in [-0.25, -0.2) is 29.9 Å². The van der Waals surface area contributed by atoms with Crippen LogP contribution in [0.15, 0.2) is 95.5 Å². The minimum absolute atomic E-state index is 0.0304. The highest BCUT2D eigenvalue weighted by molar-refractivity contribution is 6.25. The summed E-state index contributed by atoms with van der Waals surface area (Å²) in [7, 11) is 0. The number of carbonyl (C=O) groups excluding carboxylic acids is 2. The highest BCUT2D eigenvalue weighted by Crippen LogP contribution is 2.33. The molecule has 316 valence electrons. The number of imidazole rings is 1. The minimum atomic E-state index is -0.299. The Morgan fingerprint density at radius 1 is 0.803 bits per heavy atom. The Morgan fingerprint density at radius 2 is 1.34 bits per heavy atom. The van der Waals surface area contributed by atoms with E-state index in [2.05, 4.69) is 41.8 Å². The SMILES string of the molecule is CC[C@H](C)C(=O)C=O.CC[C@H](C)c1nc2c(/C=C/CN=C(N)N)nc(-c3c[nH]c4ccccc34)cn2c1O.NC(N)=NC/C=C/c1nc(-c2c[nH]c3ccccc23)cnc1N. The minimum Gasteiger partial charge on any atom is -0.493 e. The number of ketones is 1. The smallest absolute Gasteiger partial charge is 0.219 e. The molecule has 2 atom stereocenters. The number of H-pyrrole nitrogens is 2. The highest BCUT2D eigenvalue weighted by atomic mass is 16.3. The van der Waals surface area contributed by atoms with E-state index in [0.717, 1.165) is 57.2 Å². The molecule has 5 heterocycles. The predicted molar refractivity (Wildman–Crippen MR) is 244 cm³/mol. The number of nitrogen functional groups attached to an aromatic ring is 1. The summed E-state index contributed by atoms with van der Waals surface area (Å²) in [6.07, 6.45) is 16.5. The fraction of sp³-hybridized carbons (Fsp3) is 0.227. The molecular weight excluding hydrogens is 773 g/mol. The molecule has 7 aromatic rings. The third-order valence-corrected chi connectivity index (χ3v) is 9.80. The van der Waals surface area contributed by atoms with Gasteiger partial charge in [0.2, 0.25) is 5.88 Å². The van der Waals surface area contributed by atoms with Gasteiger partial charge in [-0.15, -0.1) is 0 Å². The van der Waals surface area contributed by atoms with Crippen LogP contribution in [0.1, 0.15) is 63.5 Å². The van der Waals surface area contributed by atoms with Crippen LogP contribution < -0.4 is 28.7 Å². The normalized spacial score (nSPS) is 12.1. The lowest BCUT2D eigenvalue weighted by Gasteiger charge is -2.06. The van der Waals surface area contributed by atoms with Crippen molar-refractivity contribution in [1.29, 1.82) is 0 Å². The number of aromatic hydroxyl groups is 1. The van der Waals surface area contributed by atoms with Crippen LogP contribution in [0.3, 0.4) is 0 Å². The van der Waals surface area contributed by atoms with E-state index in [4.69, 9.17) is 33.7 Å². The average Bonchev–Trinajstić information content (AvgIpc) is 3.99. The van der Waals surface area contributed by atoms with Crippen LogP contribution in [0.4, 0.5) is 5.82 Å². The lowest BCUT2D eigenvalue weighted by Crippen LogP contribution is -2.22. The van der Waals surface area contributed by atoms with Crippen molar-refractivity contribution in [2.75, 3.05) is 18.8 Å². The van der Waals surface area contributed by atoms with Crippen LogP contribution in [0.5, 0.6) is 5.88 Å². The number of benzene rings is 2. The van der Waals surface area contributed by atoms with Gasteiger partial charge in [0, 0.05) is 63.4 Å². The van der Waals surface area contributed by atoms with Crippen LogP contribution in [-0.2, 0) is 9.59 Å². The predicted octanol–water partition coefficient (Wildman–Crippen LogP) is 5.68. The molecule has 61 heavy (non-hydrogen) atoms. The largest absolute Gasteiger partial charge is 0.493 e. The molecule has 0 radical (unpaired) electrons. The summed E-state index contributed by atoms with van der Waals surface area (Å²) in [5.41, 5.74) is 35.2. The van der Waals surface area contributed by atoms with Gasteiger partial charge in [0.05, 0.1) is 30.7 Å². The van der Waals surface area contributed by atoms with Crippen LogP contribution in [0, 0.1) is 5.92 Å². The molecule has 0 fully saturated rings. The quantitative estimate of drug-likeness (QED) is 0.0302. The Morgan fingerprint density at radius 3 is 1.87 bits per heavy atom. The third-order valence-electron chi connectivity index (χ3n) is 9.80. The number of aromatic amines is 2. The van der Waals surface area contributed by atoms with Crippen LogP contribution in [-0.4, -0.2) is 76.5 Å². The van der Waals surface area contributed by atoms with Gasteiger partial charge in [0.1, 0.15) is 22.9 Å². The van der Waals surface area contributed by atoms with E-state index < -0.39 is 0 Å². The van der Waals surface area contributed by atoms with Crippen molar-refractivity contribution in [1.82, 2.24) is 34.3 Å². The van der Waals surface area contributed by atoms with E-state index in [1.807, 2.05) is 93.1 Å².